The molecule has 0 heterocycles. The standard InChI is InChI=1S/C10H11IO3/c1-8(14-10(12)13-7-11)9-5-3-2-4-6-9/h2-6,8H,7H2,1H3/t8-/m0/s1. The summed E-state index contributed by atoms with van der Waals surface area (Å²) in [4.78, 5) is 11.0. The zero-order valence-corrected chi connectivity index (χ0v) is 9.93. The molecule has 0 aromatic heterocycles. The molecule has 76 valence electrons. The molecule has 0 fully saturated rings. The lowest BCUT2D eigenvalue weighted by Gasteiger charge is -2.12. The van der Waals surface area contributed by atoms with Crippen molar-refractivity contribution in [3.05, 3.63) is 35.9 Å². The molecular weight excluding hydrogens is 295 g/mol. The van der Waals surface area contributed by atoms with E-state index in [1.54, 1.807) is 0 Å². The quantitative estimate of drug-likeness (QED) is 0.488. The first kappa shape index (κ1) is 11.3. The van der Waals surface area contributed by atoms with Crippen molar-refractivity contribution in [1.82, 2.24) is 0 Å². The normalized spacial score (nSPS) is 11.9. The van der Waals surface area contributed by atoms with Crippen molar-refractivity contribution in [3.63, 3.8) is 0 Å². The highest BCUT2D eigenvalue weighted by molar-refractivity contribution is 14.1. The fraction of sp³-hybridized carbons (Fsp3) is 0.300. The second kappa shape index (κ2) is 5.85. The molecule has 0 aliphatic rings. The number of benzene rings is 1. The van der Waals surface area contributed by atoms with Crippen LogP contribution < -0.4 is 0 Å². The third-order valence-electron chi connectivity index (χ3n) is 1.71. The van der Waals surface area contributed by atoms with E-state index in [1.165, 1.54) is 0 Å². The van der Waals surface area contributed by atoms with Crippen LogP contribution in [0.1, 0.15) is 18.6 Å². The molecule has 0 radical (unpaired) electrons. The summed E-state index contributed by atoms with van der Waals surface area (Å²) < 4.78 is 9.97. The van der Waals surface area contributed by atoms with Crippen molar-refractivity contribution in [3.8, 4) is 0 Å². The van der Waals surface area contributed by atoms with Gasteiger partial charge in [0, 0.05) is 0 Å². The van der Waals surface area contributed by atoms with Crippen LogP contribution in [-0.4, -0.2) is 10.8 Å². The van der Waals surface area contributed by atoms with Gasteiger partial charge in [0.1, 0.15) is 10.7 Å². The van der Waals surface area contributed by atoms with Crippen LogP contribution in [0.15, 0.2) is 30.3 Å². The largest absolute Gasteiger partial charge is 0.509 e. The number of rotatable bonds is 3. The number of alkyl halides is 1. The van der Waals surface area contributed by atoms with Gasteiger partial charge in [-0.2, -0.15) is 0 Å². The minimum Gasteiger partial charge on any atom is -0.426 e. The Balaban J connectivity index is 2.50. The van der Waals surface area contributed by atoms with E-state index in [4.69, 9.17) is 4.74 Å². The van der Waals surface area contributed by atoms with Crippen LogP contribution in [0.3, 0.4) is 0 Å². The highest BCUT2D eigenvalue weighted by Gasteiger charge is 2.11. The lowest BCUT2D eigenvalue weighted by atomic mass is 10.1. The summed E-state index contributed by atoms with van der Waals surface area (Å²) >= 11 is 1.94. The fourth-order valence-electron chi connectivity index (χ4n) is 1.01. The molecule has 0 saturated heterocycles. The van der Waals surface area contributed by atoms with E-state index < -0.39 is 6.16 Å². The zero-order chi connectivity index (χ0) is 10.4. The van der Waals surface area contributed by atoms with Gasteiger partial charge in [-0.25, -0.2) is 4.79 Å². The average molecular weight is 306 g/mol. The van der Waals surface area contributed by atoms with E-state index in [-0.39, 0.29) is 6.10 Å². The van der Waals surface area contributed by atoms with Crippen molar-refractivity contribution in [2.24, 2.45) is 0 Å². The Morgan fingerprint density at radius 1 is 1.43 bits per heavy atom. The molecule has 1 aromatic carbocycles. The molecule has 0 bridgehead atoms. The molecule has 1 aromatic rings. The predicted octanol–water partition coefficient (Wildman–Crippen LogP) is 3.29. The molecule has 4 heteroatoms. The monoisotopic (exact) mass is 306 g/mol. The van der Waals surface area contributed by atoms with Crippen LogP contribution in [0.2, 0.25) is 0 Å². The van der Waals surface area contributed by atoms with Gasteiger partial charge in [-0.3, -0.25) is 0 Å². The summed E-state index contributed by atoms with van der Waals surface area (Å²) in [6.45, 7) is 1.81. The van der Waals surface area contributed by atoms with Gasteiger partial charge >= 0.3 is 6.16 Å². The van der Waals surface area contributed by atoms with Gasteiger partial charge in [-0.1, -0.05) is 30.3 Å². The van der Waals surface area contributed by atoms with Crippen LogP contribution in [0, 0.1) is 0 Å². The molecular formula is C10H11IO3. The molecule has 1 atom stereocenters. The van der Waals surface area contributed by atoms with Gasteiger partial charge in [-0.15, -0.1) is 0 Å². The first-order valence-corrected chi connectivity index (χ1v) is 5.71. The topological polar surface area (TPSA) is 35.5 Å². The molecule has 3 nitrogen and oxygen atoms in total. The van der Waals surface area contributed by atoms with E-state index in [0.29, 0.717) is 4.61 Å². The molecule has 0 N–H and O–H groups in total. The highest BCUT2D eigenvalue weighted by Crippen LogP contribution is 2.16. The third kappa shape index (κ3) is 3.53. The van der Waals surface area contributed by atoms with E-state index >= 15 is 0 Å². The summed E-state index contributed by atoms with van der Waals surface area (Å²) in [5.41, 5.74) is 0.956. The first-order valence-electron chi connectivity index (χ1n) is 4.18. The highest BCUT2D eigenvalue weighted by atomic mass is 127. The average Bonchev–Trinajstić information content (AvgIpc) is 2.19. The van der Waals surface area contributed by atoms with Gasteiger partial charge in [0.05, 0.1) is 0 Å². The molecule has 0 aliphatic carbocycles. The summed E-state index contributed by atoms with van der Waals surface area (Å²) in [5.74, 6) is 0. The number of halogens is 1. The van der Waals surface area contributed by atoms with Crippen LogP contribution in [0.4, 0.5) is 4.79 Å². The van der Waals surface area contributed by atoms with Gasteiger partial charge in [0.15, 0.2) is 0 Å². The Bertz CT molecular complexity index is 287. The number of carbonyl (C=O) groups is 1. The Morgan fingerprint density at radius 2 is 2.07 bits per heavy atom. The maximum Gasteiger partial charge on any atom is 0.509 e. The Morgan fingerprint density at radius 3 is 2.64 bits per heavy atom. The number of ether oxygens (including phenoxy) is 2. The van der Waals surface area contributed by atoms with Gasteiger partial charge < -0.3 is 9.47 Å². The smallest absolute Gasteiger partial charge is 0.426 e. The summed E-state index contributed by atoms with van der Waals surface area (Å²) in [6.07, 6.45) is -0.901. The molecule has 0 saturated carbocycles. The van der Waals surface area contributed by atoms with E-state index in [1.807, 2.05) is 59.8 Å². The van der Waals surface area contributed by atoms with Crippen molar-refractivity contribution >= 4 is 28.7 Å². The van der Waals surface area contributed by atoms with Crippen LogP contribution in [0.5, 0.6) is 0 Å². The maximum atomic E-state index is 11.0. The second-order valence-electron chi connectivity index (χ2n) is 2.67. The number of carbonyl (C=O) groups excluding carboxylic acids is 1. The lowest BCUT2D eigenvalue weighted by Crippen LogP contribution is -2.09. The lowest BCUT2D eigenvalue weighted by molar-refractivity contribution is 0.0413. The van der Waals surface area contributed by atoms with Crippen molar-refractivity contribution in [2.45, 2.75) is 13.0 Å². The molecule has 1 rings (SSSR count). The van der Waals surface area contributed by atoms with Crippen LogP contribution in [0.25, 0.3) is 0 Å². The summed E-state index contributed by atoms with van der Waals surface area (Å²) in [7, 11) is 0. The molecule has 0 spiro atoms. The molecule has 14 heavy (non-hydrogen) atoms. The predicted molar refractivity (Wildman–Crippen MR) is 61.3 cm³/mol. The molecule has 0 unspecified atom stereocenters. The Labute approximate surface area is 96.5 Å². The van der Waals surface area contributed by atoms with Crippen molar-refractivity contribution in [2.75, 3.05) is 4.61 Å². The summed E-state index contributed by atoms with van der Waals surface area (Å²) in [6, 6.07) is 9.53. The Hall–Kier alpha value is -0.780. The van der Waals surface area contributed by atoms with Crippen LogP contribution >= 0.6 is 22.6 Å². The van der Waals surface area contributed by atoms with Crippen molar-refractivity contribution < 1.29 is 14.3 Å². The van der Waals surface area contributed by atoms with E-state index in [9.17, 15) is 4.79 Å². The minimum atomic E-state index is -0.629. The van der Waals surface area contributed by atoms with Crippen LogP contribution in [-0.2, 0) is 9.47 Å². The molecule has 0 aliphatic heterocycles. The van der Waals surface area contributed by atoms with Gasteiger partial charge in [0.25, 0.3) is 0 Å². The first-order chi connectivity index (χ1) is 6.74. The van der Waals surface area contributed by atoms with Gasteiger partial charge in [0.2, 0.25) is 0 Å². The van der Waals surface area contributed by atoms with E-state index in [2.05, 4.69) is 4.74 Å². The maximum absolute atomic E-state index is 11.0. The fourth-order valence-corrected chi connectivity index (χ4v) is 1.27. The SMILES string of the molecule is C[C@H](OC(=O)OCI)c1ccccc1. The minimum absolute atomic E-state index is 0.272. The second-order valence-corrected chi connectivity index (χ2v) is 3.30. The number of hydrogen-bond donors (Lipinski definition) is 0. The number of hydrogen-bond acceptors (Lipinski definition) is 3. The molecule has 0 amide bonds. The third-order valence-corrected chi connectivity index (χ3v) is 2.03. The van der Waals surface area contributed by atoms with Gasteiger partial charge in [-0.05, 0) is 35.1 Å². The van der Waals surface area contributed by atoms with Crippen molar-refractivity contribution in [1.29, 1.82) is 0 Å². The Kier molecular flexibility index (Phi) is 4.72. The zero-order valence-electron chi connectivity index (χ0n) is 7.77. The summed E-state index contributed by atoms with van der Waals surface area (Å²) in [5, 5.41) is 0. The van der Waals surface area contributed by atoms with E-state index in [0.717, 1.165) is 5.56 Å².